The average Bonchev–Trinajstić information content (AvgIpc) is 3.25. The summed E-state index contributed by atoms with van der Waals surface area (Å²) in [4.78, 5) is 17.3. The molecule has 0 unspecified atom stereocenters. The first kappa shape index (κ1) is 20.7. The molecule has 0 saturated heterocycles. The topological polar surface area (TPSA) is 55.1 Å². The van der Waals surface area contributed by atoms with Crippen LogP contribution in [-0.2, 0) is 0 Å². The van der Waals surface area contributed by atoms with Crippen LogP contribution in [0.3, 0.4) is 0 Å². The van der Waals surface area contributed by atoms with Gasteiger partial charge in [0.2, 0.25) is 5.89 Å². The van der Waals surface area contributed by atoms with Crippen LogP contribution in [0.2, 0.25) is 5.02 Å². The Bertz CT molecular complexity index is 1430. The van der Waals surface area contributed by atoms with E-state index in [9.17, 15) is 4.79 Å². The van der Waals surface area contributed by atoms with Crippen molar-refractivity contribution >= 4 is 56.9 Å². The predicted octanol–water partition coefficient (Wildman–Crippen LogP) is 7.67. The Morgan fingerprint density at radius 3 is 2.34 bits per heavy atom. The smallest absolute Gasteiger partial charge is 0.257 e. The Balaban J connectivity index is 1.39. The van der Waals surface area contributed by atoms with E-state index in [-0.39, 0.29) is 5.91 Å². The van der Waals surface area contributed by atoms with Crippen LogP contribution >= 0.6 is 34.2 Å². The van der Waals surface area contributed by atoms with Crippen molar-refractivity contribution in [1.29, 1.82) is 0 Å². The molecule has 0 saturated carbocycles. The van der Waals surface area contributed by atoms with E-state index in [4.69, 9.17) is 16.0 Å². The fourth-order valence-electron chi connectivity index (χ4n) is 3.43. The third-order valence-electron chi connectivity index (χ3n) is 5.06. The predicted molar refractivity (Wildman–Crippen MR) is 137 cm³/mol. The van der Waals surface area contributed by atoms with Gasteiger partial charge in [0.25, 0.3) is 5.91 Å². The fourth-order valence-corrected chi connectivity index (χ4v) is 4.13. The third kappa shape index (κ3) is 4.26. The summed E-state index contributed by atoms with van der Waals surface area (Å²) in [6.45, 7) is 0. The fraction of sp³-hybridized carbons (Fsp3) is 0. The number of hydrogen-bond acceptors (Lipinski definition) is 3. The summed E-state index contributed by atoms with van der Waals surface area (Å²) in [5.41, 5.74) is 5.54. The van der Waals surface area contributed by atoms with E-state index in [1.54, 1.807) is 30.3 Å². The van der Waals surface area contributed by atoms with Gasteiger partial charge in [-0.05, 0) is 82.2 Å². The third-order valence-corrected chi connectivity index (χ3v) is 6.06. The quantitative estimate of drug-likeness (QED) is 0.234. The van der Waals surface area contributed by atoms with Crippen molar-refractivity contribution in [3.05, 3.63) is 105 Å². The normalized spacial score (nSPS) is 10.9. The van der Waals surface area contributed by atoms with Gasteiger partial charge in [-0.25, -0.2) is 4.98 Å². The number of carbonyl (C=O) groups is 1. The highest BCUT2D eigenvalue weighted by Gasteiger charge is 2.13. The molecule has 5 rings (SSSR count). The van der Waals surface area contributed by atoms with Crippen LogP contribution < -0.4 is 5.32 Å². The van der Waals surface area contributed by atoms with Gasteiger partial charge in [0.15, 0.2) is 5.58 Å². The van der Waals surface area contributed by atoms with Crippen molar-refractivity contribution in [2.24, 2.45) is 0 Å². The van der Waals surface area contributed by atoms with E-state index in [1.807, 2.05) is 36.4 Å². The molecule has 1 heterocycles. The van der Waals surface area contributed by atoms with E-state index in [0.717, 1.165) is 20.3 Å². The Morgan fingerprint density at radius 1 is 0.844 bits per heavy atom. The summed E-state index contributed by atoms with van der Waals surface area (Å²) in [5, 5.41) is 3.29. The highest BCUT2D eigenvalue weighted by atomic mass is 127. The number of rotatable bonds is 4. The second-order valence-electron chi connectivity index (χ2n) is 7.22. The summed E-state index contributed by atoms with van der Waals surface area (Å²) >= 11 is 8.33. The van der Waals surface area contributed by atoms with E-state index in [2.05, 4.69) is 57.2 Å². The number of anilines is 1. The lowest BCUT2D eigenvalue weighted by atomic mass is 10.0. The van der Waals surface area contributed by atoms with Gasteiger partial charge >= 0.3 is 0 Å². The van der Waals surface area contributed by atoms with E-state index < -0.39 is 0 Å². The number of nitrogens with zero attached hydrogens (tertiary/aromatic N) is 1. The first-order chi connectivity index (χ1) is 15.6. The second kappa shape index (κ2) is 8.76. The van der Waals surface area contributed by atoms with Gasteiger partial charge in [-0.3, -0.25) is 4.79 Å². The number of fused-ring (bicyclic) bond motifs is 1. The van der Waals surface area contributed by atoms with Gasteiger partial charge in [-0.15, -0.1) is 0 Å². The molecule has 0 aliphatic heterocycles. The van der Waals surface area contributed by atoms with Gasteiger partial charge in [-0.1, -0.05) is 54.1 Å². The monoisotopic (exact) mass is 550 g/mol. The van der Waals surface area contributed by atoms with Crippen molar-refractivity contribution in [3.8, 4) is 22.6 Å². The maximum absolute atomic E-state index is 12.7. The number of benzene rings is 4. The number of carbonyl (C=O) groups excluding carboxylic acids is 1. The number of halogens is 2. The average molecular weight is 551 g/mol. The molecular weight excluding hydrogens is 535 g/mol. The molecule has 4 aromatic carbocycles. The number of aromatic nitrogens is 1. The van der Waals surface area contributed by atoms with Crippen LogP contribution in [0, 0.1) is 3.57 Å². The van der Waals surface area contributed by atoms with Crippen molar-refractivity contribution in [2.45, 2.75) is 0 Å². The molecule has 4 nitrogen and oxygen atoms in total. The molecule has 0 aliphatic rings. The number of nitrogens with one attached hydrogen (secondary N) is 1. The molecule has 1 aromatic heterocycles. The number of amides is 1. The van der Waals surface area contributed by atoms with Gasteiger partial charge in [-0.2, -0.15) is 0 Å². The van der Waals surface area contributed by atoms with Gasteiger partial charge in [0.1, 0.15) is 5.52 Å². The Morgan fingerprint density at radius 2 is 1.56 bits per heavy atom. The molecule has 0 spiro atoms. The minimum Gasteiger partial charge on any atom is -0.436 e. The van der Waals surface area contributed by atoms with Crippen LogP contribution in [-0.4, -0.2) is 10.9 Å². The first-order valence-electron chi connectivity index (χ1n) is 9.90. The standard InChI is InChI=1S/C26H16ClIN2O2/c27-22-12-10-19(28)14-21(22)25(31)29-20-11-13-24-23(15-20)30-26(32-24)18-8-6-17(7-9-18)16-4-2-1-3-5-16/h1-15H,(H,29,31). The van der Waals surface area contributed by atoms with Crippen LogP contribution in [0.15, 0.2) is 95.4 Å². The summed E-state index contributed by atoms with van der Waals surface area (Å²) in [6.07, 6.45) is 0. The van der Waals surface area contributed by atoms with E-state index in [0.29, 0.717) is 33.3 Å². The van der Waals surface area contributed by atoms with Crippen molar-refractivity contribution < 1.29 is 9.21 Å². The van der Waals surface area contributed by atoms with Crippen LogP contribution in [0.5, 0.6) is 0 Å². The van der Waals surface area contributed by atoms with E-state index in [1.165, 1.54) is 0 Å². The van der Waals surface area contributed by atoms with Crippen molar-refractivity contribution in [3.63, 3.8) is 0 Å². The highest BCUT2D eigenvalue weighted by Crippen LogP contribution is 2.29. The largest absolute Gasteiger partial charge is 0.436 e. The molecule has 0 aliphatic carbocycles. The summed E-state index contributed by atoms with van der Waals surface area (Å²) in [7, 11) is 0. The molecule has 6 heteroatoms. The molecule has 156 valence electrons. The molecule has 5 aromatic rings. The maximum Gasteiger partial charge on any atom is 0.257 e. The molecule has 0 radical (unpaired) electrons. The molecule has 1 amide bonds. The molecule has 0 atom stereocenters. The molecule has 32 heavy (non-hydrogen) atoms. The summed E-state index contributed by atoms with van der Waals surface area (Å²) in [5.74, 6) is 0.261. The Labute approximate surface area is 203 Å². The molecule has 1 N–H and O–H groups in total. The van der Waals surface area contributed by atoms with E-state index >= 15 is 0 Å². The maximum atomic E-state index is 12.7. The van der Waals surface area contributed by atoms with Crippen molar-refractivity contribution in [2.75, 3.05) is 5.32 Å². The SMILES string of the molecule is O=C(Nc1ccc2oc(-c3ccc(-c4ccccc4)cc3)nc2c1)c1cc(I)ccc1Cl. The van der Waals surface area contributed by atoms with Crippen LogP contribution in [0.4, 0.5) is 5.69 Å². The van der Waals surface area contributed by atoms with Gasteiger partial charge in [0, 0.05) is 14.8 Å². The molecule has 0 bridgehead atoms. The van der Waals surface area contributed by atoms with Gasteiger partial charge < -0.3 is 9.73 Å². The zero-order valence-corrected chi connectivity index (χ0v) is 19.6. The van der Waals surface area contributed by atoms with Crippen LogP contribution in [0.25, 0.3) is 33.7 Å². The number of hydrogen-bond donors (Lipinski definition) is 1. The lowest BCUT2D eigenvalue weighted by molar-refractivity contribution is 0.102. The Hall–Kier alpha value is -3.16. The Kier molecular flexibility index (Phi) is 5.68. The number of oxazole rings is 1. The summed E-state index contributed by atoms with van der Waals surface area (Å²) in [6, 6.07) is 29.0. The van der Waals surface area contributed by atoms with Crippen LogP contribution in [0.1, 0.15) is 10.4 Å². The minimum absolute atomic E-state index is 0.270. The van der Waals surface area contributed by atoms with Gasteiger partial charge in [0.05, 0.1) is 10.6 Å². The first-order valence-corrected chi connectivity index (χ1v) is 11.4. The second-order valence-corrected chi connectivity index (χ2v) is 8.88. The lowest BCUT2D eigenvalue weighted by Crippen LogP contribution is -2.12. The zero-order chi connectivity index (χ0) is 22.1. The minimum atomic E-state index is -0.270. The molecule has 0 fully saturated rings. The summed E-state index contributed by atoms with van der Waals surface area (Å²) < 4.78 is 6.87. The zero-order valence-electron chi connectivity index (χ0n) is 16.7. The van der Waals surface area contributed by atoms with Crippen molar-refractivity contribution in [1.82, 2.24) is 4.98 Å². The lowest BCUT2D eigenvalue weighted by Gasteiger charge is -2.07. The molecular formula is C26H16ClIN2O2. The highest BCUT2D eigenvalue weighted by molar-refractivity contribution is 14.1.